The minimum Gasteiger partial charge on any atom is -0.211 e. The molecule has 13 heavy (non-hydrogen) atoms. The van der Waals surface area contributed by atoms with Gasteiger partial charge in [-0.2, -0.15) is 0 Å². The standard InChI is InChI=1S/C9H8BrClF2/c10-7-2-1-3-8(11)6(7)4-5-9(12)13/h1-3,9H,4-5H2. The van der Waals surface area contributed by atoms with Crippen LogP contribution in [0, 0.1) is 0 Å². The van der Waals surface area contributed by atoms with Crippen LogP contribution in [0.4, 0.5) is 8.78 Å². The third kappa shape index (κ3) is 3.24. The van der Waals surface area contributed by atoms with Gasteiger partial charge in [-0.15, -0.1) is 0 Å². The van der Waals surface area contributed by atoms with Gasteiger partial charge in [0.15, 0.2) is 0 Å². The van der Waals surface area contributed by atoms with E-state index in [1.807, 2.05) is 0 Å². The van der Waals surface area contributed by atoms with E-state index in [0.717, 1.165) is 10.0 Å². The fourth-order valence-corrected chi connectivity index (χ4v) is 1.97. The summed E-state index contributed by atoms with van der Waals surface area (Å²) in [6.45, 7) is 0. The maximum absolute atomic E-state index is 11.9. The highest BCUT2D eigenvalue weighted by Crippen LogP contribution is 2.26. The first-order valence-electron chi connectivity index (χ1n) is 3.82. The van der Waals surface area contributed by atoms with E-state index in [1.165, 1.54) is 0 Å². The van der Waals surface area contributed by atoms with Crippen LogP contribution < -0.4 is 0 Å². The van der Waals surface area contributed by atoms with Crippen LogP contribution in [0.15, 0.2) is 22.7 Å². The van der Waals surface area contributed by atoms with E-state index in [1.54, 1.807) is 18.2 Å². The van der Waals surface area contributed by atoms with Gasteiger partial charge in [-0.25, -0.2) is 8.78 Å². The summed E-state index contributed by atoms with van der Waals surface area (Å²) in [4.78, 5) is 0. The van der Waals surface area contributed by atoms with Crippen molar-refractivity contribution in [1.29, 1.82) is 0 Å². The molecule has 0 aromatic heterocycles. The molecule has 0 spiro atoms. The minimum absolute atomic E-state index is 0.150. The highest BCUT2D eigenvalue weighted by Gasteiger charge is 2.08. The van der Waals surface area contributed by atoms with Crippen molar-refractivity contribution < 1.29 is 8.78 Å². The first-order valence-corrected chi connectivity index (χ1v) is 4.99. The van der Waals surface area contributed by atoms with E-state index in [9.17, 15) is 8.78 Å². The molecule has 0 aliphatic carbocycles. The first-order chi connectivity index (χ1) is 6.11. The fourth-order valence-electron chi connectivity index (χ4n) is 1.02. The van der Waals surface area contributed by atoms with E-state index in [0.29, 0.717) is 11.4 Å². The third-order valence-electron chi connectivity index (χ3n) is 1.67. The van der Waals surface area contributed by atoms with Gasteiger partial charge in [-0.1, -0.05) is 33.6 Å². The van der Waals surface area contributed by atoms with Gasteiger partial charge in [0.05, 0.1) is 0 Å². The lowest BCUT2D eigenvalue weighted by atomic mass is 10.1. The molecule has 0 bridgehead atoms. The molecule has 72 valence electrons. The molecule has 0 saturated heterocycles. The van der Waals surface area contributed by atoms with Crippen molar-refractivity contribution in [1.82, 2.24) is 0 Å². The van der Waals surface area contributed by atoms with Crippen molar-refractivity contribution in [3.63, 3.8) is 0 Å². The molecular formula is C9H8BrClF2. The summed E-state index contributed by atoms with van der Waals surface area (Å²) in [7, 11) is 0. The van der Waals surface area contributed by atoms with E-state index in [4.69, 9.17) is 11.6 Å². The van der Waals surface area contributed by atoms with Crippen LogP contribution in [0.2, 0.25) is 5.02 Å². The van der Waals surface area contributed by atoms with E-state index < -0.39 is 6.43 Å². The normalized spacial score (nSPS) is 10.8. The predicted octanol–water partition coefficient (Wildman–Crippen LogP) is 4.30. The van der Waals surface area contributed by atoms with Crippen molar-refractivity contribution >= 4 is 27.5 Å². The molecule has 0 aliphatic heterocycles. The second kappa shape index (κ2) is 4.91. The summed E-state index contributed by atoms with van der Waals surface area (Å²) in [5, 5.41) is 0.537. The zero-order valence-corrected chi connectivity index (χ0v) is 9.08. The summed E-state index contributed by atoms with van der Waals surface area (Å²) >= 11 is 9.11. The maximum Gasteiger partial charge on any atom is 0.239 e. The minimum atomic E-state index is -2.27. The number of alkyl halides is 2. The lowest BCUT2D eigenvalue weighted by Crippen LogP contribution is -1.95. The van der Waals surface area contributed by atoms with Crippen LogP contribution in [-0.4, -0.2) is 6.43 Å². The molecule has 0 atom stereocenters. The molecule has 0 fully saturated rings. The Balaban J connectivity index is 2.75. The monoisotopic (exact) mass is 268 g/mol. The van der Waals surface area contributed by atoms with E-state index in [2.05, 4.69) is 15.9 Å². The molecular weight excluding hydrogens is 261 g/mol. The van der Waals surface area contributed by atoms with Crippen LogP contribution in [0.1, 0.15) is 12.0 Å². The topological polar surface area (TPSA) is 0 Å². The van der Waals surface area contributed by atoms with Gasteiger partial charge in [-0.3, -0.25) is 0 Å². The number of benzene rings is 1. The summed E-state index contributed by atoms with van der Waals surface area (Å²) in [6.07, 6.45) is -2.12. The van der Waals surface area contributed by atoms with Gasteiger partial charge in [-0.05, 0) is 24.1 Å². The highest BCUT2D eigenvalue weighted by molar-refractivity contribution is 9.10. The SMILES string of the molecule is FC(F)CCc1c(Cl)cccc1Br. The molecule has 0 heterocycles. The zero-order chi connectivity index (χ0) is 9.84. The van der Waals surface area contributed by atoms with Gasteiger partial charge < -0.3 is 0 Å². The molecule has 0 saturated carbocycles. The Morgan fingerprint density at radius 2 is 2.08 bits per heavy atom. The van der Waals surface area contributed by atoms with Gasteiger partial charge >= 0.3 is 0 Å². The molecule has 1 rings (SSSR count). The van der Waals surface area contributed by atoms with Crippen LogP contribution in [-0.2, 0) is 6.42 Å². The molecule has 0 N–H and O–H groups in total. The second-order valence-electron chi connectivity index (χ2n) is 2.63. The molecule has 0 aliphatic rings. The van der Waals surface area contributed by atoms with Crippen LogP contribution in [0.25, 0.3) is 0 Å². The Bertz CT molecular complexity index is 269. The van der Waals surface area contributed by atoms with Crippen molar-refractivity contribution in [2.75, 3.05) is 0 Å². The molecule has 1 aromatic rings. The Hall–Kier alpha value is -0.150. The average molecular weight is 270 g/mol. The van der Waals surface area contributed by atoms with E-state index >= 15 is 0 Å². The largest absolute Gasteiger partial charge is 0.239 e. The fraction of sp³-hybridized carbons (Fsp3) is 0.333. The average Bonchev–Trinajstić information content (AvgIpc) is 2.03. The van der Waals surface area contributed by atoms with Crippen LogP contribution in [0.3, 0.4) is 0 Å². The molecule has 1 aromatic carbocycles. The Labute approximate surface area is 89.0 Å². The van der Waals surface area contributed by atoms with Crippen molar-refractivity contribution in [2.45, 2.75) is 19.3 Å². The number of halogens is 4. The van der Waals surface area contributed by atoms with E-state index in [-0.39, 0.29) is 6.42 Å². The van der Waals surface area contributed by atoms with Gasteiger partial charge in [0.2, 0.25) is 6.43 Å². The van der Waals surface area contributed by atoms with Crippen molar-refractivity contribution in [2.24, 2.45) is 0 Å². The van der Waals surface area contributed by atoms with Crippen LogP contribution in [0.5, 0.6) is 0 Å². The molecule has 0 radical (unpaired) electrons. The summed E-state index contributed by atoms with van der Waals surface area (Å²) in [5.41, 5.74) is 0.754. The second-order valence-corrected chi connectivity index (χ2v) is 3.89. The Morgan fingerprint density at radius 3 is 2.62 bits per heavy atom. The van der Waals surface area contributed by atoms with Gasteiger partial charge in [0.25, 0.3) is 0 Å². The number of hydrogen-bond donors (Lipinski definition) is 0. The smallest absolute Gasteiger partial charge is 0.211 e. The van der Waals surface area contributed by atoms with Crippen molar-refractivity contribution in [3.05, 3.63) is 33.3 Å². The predicted molar refractivity (Wildman–Crippen MR) is 53.5 cm³/mol. The first kappa shape index (κ1) is 10.9. The molecule has 0 nitrogen and oxygen atoms in total. The lowest BCUT2D eigenvalue weighted by Gasteiger charge is -2.05. The zero-order valence-electron chi connectivity index (χ0n) is 6.74. The van der Waals surface area contributed by atoms with Gasteiger partial charge in [0, 0.05) is 15.9 Å². The maximum atomic E-state index is 11.9. The Morgan fingerprint density at radius 1 is 1.38 bits per heavy atom. The summed E-state index contributed by atoms with van der Waals surface area (Å²) in [6, 6.07) is 5.28. The molecule has 0 amide bonds. The van der Waals surface area contributed by atoms with Gasteiger partial charge in [0.1, 0.15) is 0 Å². The van der Waals surface area contributed by atoms with Crippen LogP contribution >= 0.6 is 27.5 Å². The summed E-state index contributed by atoms with van der Waals surface area (Å²) < 4.78 is 24.6. The highest BCUT2D eigenvalue weighted by atomic mass is 79.9. The lowest BCUT2D eigenvalue weighted by molar-refractivity contribution is 0.138. The quantitative estimate of drug-likeness (QED) is 0.767. The third-order valence-corrected chi connectivity index (χ3v) is 2.77. The Kier molecular flexibility index (Phi) is 4.13. The number of hydrogen-bond acceptors (Lipinski definition) is 0. The molecule has 4 heteroatoms. The summed E-state index contributed by atoms with van der Waals surface area (Å²) in [5.74, 6) is 0. The molecule has 0 unspecified atom stereocenters. The number of rotatable bonds is 3. The van der Waals surface area contributed by atoms with Crippen molar-refractivity contribution in [3.8, 4) is 0 Å².